The summed E-state index contributed by atoms with van der Waals surface area (Å²) in [4.78, 5) is 8.42. The van der Waals surface area contributed by atoms with Crippen LogP contribution in [-0.4, -0.2) is 29.8 Å². The molecule has 0 bridgehead atoms. The van der Waals surface area contributed by atoms with Crippen LogP contribution in [0.2, 0.25) is 0 Å². The van der Waals surface area contributed by atoms with E-state index in [0.717, 1.165) is 35.3 Å². The van der Waals surface area contributed by atoms with Crippen molar-refractivity contribution in [2.45, 2.75) is 32.4 Å². The minimum Gasteiger partial charge on any atom is -0.373 e. The zero-order chi connectivity index (χ0) is 13.9. The van der Waals surface area contributed by atoms with Gasteiger partial charge in [0.15, 0.2) is 0 Å². The molecule has 0 aromatic carbocycles. The van der Waals surface area contributed by atoms with Crippen molar-refractivity contribution < 1.29 is 5.11 Å². The molecular formula is C14H17N5O. The number of nitrogens with zero attached hydrogens (tertiary/aromatic N) is 4. The number of nitrogens with one attached hydrogen (secondary N) is 1. The molecule has 6 nitrogen and oxygen atoms in total. The van der Waals surface area contributed by atoms with Crippen LogP contribution in [0.25, 0.3) is 11.0 Å². The molecule has 3 aromatic heterocycles. The third-order valence-corrected chi connectivity index (χ3v) is 3.50. The first-order valence-corrected chi connectivity index (χ1v) is 6.70. The Morgan fingerprint density at radius 2 is 2.25 bits per heavy atom. The van der Waals surface area contributed by atoms with Crippen LogP contribution in [0.5, 0.6) is 0 Å². The largest absolute Gasteiger partial charge is 0.373 e. The Balaban J connectivity index is 1.69. The second-order valence-corrected chi connectivity index (χ2v) is 4.87. The summed E-state index contributed by atoms with van der Waals surface area (Å²) in [5.41, 5.74) is 2.80. The molecule has 3 aromatic rings. The Bertz CT molecular complexity index is 689. The van der Waals surface area contributed by atoms with E-state index in [1.165, 1.54) is 6.33 Å². The van der Waals surface area contributed by atoms with Gasteiger partial charge in [-0.15, -0.1) is 0 Å². The van der Waals surface area contributed by atoms with E-state index in [1.807, 2.05) is 25.3 Å². The Morgan fingerprint density at radius 3 is 3.05 bits per heavy atom. The summed E-state index contributed by atoms with van der Waals surface area (Å²) >= 11 is 0. The Labute approximate surface area is 116 Å². The normalized spacial score (nSPS) is 12.9. The van der Waals surface area contributed by atoms with Gasteiger partial charge in [0.05, 0.1) is 5.69 Å². The van der Waals surface area contributed by atoms with Crippen LogP contribution in [0.15, 0.2) is 30.9 Å². The number of aromatic amines is 1. The van der Waals surface area contributed by atoms with Crippen molar-refractivity contribution in [2.75, 3.05) is 0 Å². The van der Waals surface area contributed by atoms with Crippen LogP contribution in [0, 0.1) is 6.92 Å². The molecule has 104 valence electrons. The van der Waals surface area contributed by atoms with Crippen LogP contribution in [0.4, 0.5) is 0 Å². The molecule has 20 heavy (non-hydrogen) atoms. The maximum atomic E-state index is 10.3. The lowest BCUT2D eigenvalue weighted by Gasteiger charge is -2.13. The zero-order valence-corrected chi connectivity index (χ0v) is 11.3. The molecule has 0 saturated carbocycles. The summed E-state index contributed by atoms with van der Waals surface area (Å²) in [7, 11) is 0. The van der Waals surface area contributed by atoms with E-state index in [0.29, 0.717) is 6.42 Å². The van der Waals surface area contributed by atoms with Crippen molar-refractivity contribution in [2.24, 2.45) is 0 Å². The molecule has 0 radical (unpaired) electrons. The number of hydrogen-bond donors (Lipinski definition) is 2. The lowest BCUT2D eigenvalue weighted by atomic mass is 10.2. The van der Waals surface area contributed by atoms with Gasteiger partial charge in [0.1, 0.15) is 18.2 Å². The van der Waals surface area contributed by atoms with Gasteiger partial charge in [-0.2, -0.15) is 5.10 Å². The second kappa shape index (κ2) is 5.42. The lowest BCUT2D eigenvalue weighted by Crippen LogP contribution is -2.08. The van der Waals surface area contributed by atoms with E-state index in [-0.39, 0.29) is 0 Å². The van der Waals surface area contributed by atoms with E-state index in [2.05, 4.69) is 20.2 Å². The summed E-state index contributed by atoms with van der Waals surface area (Å²) in [5.74, 6) is 0. The number of aliphatic hydroxyl groups excluding tert-OH is 1. The van der Waals surface area contributed by atoms with Crippen molar-refractivity contribution in [3.8, 4) is 0 Å². The fraction of sp³-hybridized carbons (Fsp3) is 0.357. The average Bonchev–Trinajstić information content (AvgIpc) is 3.08. The third-order valence-electron chi connectivity index (χ3n) is 3.50. The first kappa shape index (κ1) is 12.8. The SMILES string of the molecule is Cc1ncnc2c1ccn2[C@H](O)CCCc1ccn[nH]1. The monoisotopic (exact) mass is 271 g/mol. The molecule has 0 amide bonds. The van der Waals surface area contributed by atoms with Gasteiger partial charge in [-0.05, 0) is 38.3 Å². The van der Waals surface area contributed by atoms with E-state index >= 15 is 0 Å². The summed E-state index contributed by atoms with van der Waals surface area (Å²) in [5, 5.41) is 18.1. The molecule has 3 heterocycles. The molecule has 0 aliphatic heterocycles. The van der Waals surface area contributed by atoms with Crippen LogP contribution in [0.1, 0.15) is 30.5 Å². The van der Waals surface area contributed by atoms with Gasteiger partial charge < -0.3 is 9.67 Å². The summed E-state index contributed by atoms with van der Waals surface area (Å²) in [6.07, 6.45) is 7.01. The molecule has 6 heteroatoms. The Kier molecular flexibility index (Phi) is 3.47. The first-order chi connectivity index (χ1) is 9.75. The minimum atomic E-state index is -0.565. The molecule has 0 fully saturated rings. The molecule has 0 saturated heterocycles. The van der Waals surface area contributed by atoms with Gasteiger partial charge >= 0.3 is 0 Å². The van der Waals surface area contributed by atoms with E-state index < -0.39 is 6.23 Å². The molecule has 3 rings (SSSR count). The number of H-pyrrole nitrogens is 1. The van der Waals surface area contributed by atoms with Crippen molar-refractivity contribution in [3.63, 3.8) is 0 Å². The molecule has 0 unspecified atom stereocenters. The van der Waals surface area contributed by atoms with Crippen molar-refractivity contribution in [1.29, 1.82) is 0 Å². The van der Waals surface area contributed by atoms with Gasteiger partial charge in [0.2, 0.25) is 0 Å². The zero-order valence-electron chi connectivity index (χ0n) is 11.3. The Hall–Kier alpha value is -2.21. The summed E-state index contributed by atoms with van der Waals surface area (Å²) in [6, 6.07) is 3.90. The number of fused-ring (bicyclic) bond motifs is 1. The third kappa shape index (κ3) is 2.42. The summed E-state index contributed by atoms with van der Waals surface area (Å²) < 4.78 is 1.80. The van der Waals surface area contributed by atoms with Crippen molar-refractivity contribution in [3.05, 3.63) is 42.2 Å². The smallest absolute Gasteiger partial charge is 0.145 e. The van der Waals surface area contributed by atoms with Gasteiger partial charge in [-0.3, -0.25) is 5.10 Å². The average molecular weight is 271 g/mol. The number of aromatic nitrogens is 5. The highest BCUT2D eigenvalue weighted by Crippen LogP contribution is 2.21. The minimum absolute atomic E-state index is 0.565. The quantitative estimate of drug-likeness (QED) is 0.743. The maximum Gasteiger partial charge on any atom is 0.145 e. The molecule has 0 aliphatic rings. The van der Waals surface area contributed by atoms with Gasteiger partial charge in [0.25, 0.3) is 0 Å². The highest BCUT2D eigenvalue weighted by molar-refractivity contribution is 5.78. The predicted molar refractivity (Wildman–Crippen MR) is 75.0 cm³/mol. The van der Waals surface area contributed by atoms with Gasteiger partial charge in [-0.25, -0.2) is 9.97 Å². The number of hydrogen-bond acceptors (Lipinski definition) is 4. The molecule has 0 aliphatic carbocycles. The van der Waals surface area contributed by atoms with Crippen LogP contribution in [0.3, 0.4) is 0 Å². The van der Waals surface area contributed by atoms with Gasteiger partial charge in [0, 0.05) is 23.5 Å². The Morgan fingerprint density at radius 1 is 1.35 bits per heavy atom. The number of aliphatic hydroxyl groups is 1. The molecule has 0 spiro atoms. The summed E-state index contributed by atoms with van der Waals surface area (Å²) in [6.45, 7) is 1.94. The van der Waals surface area contributed by atoms with Crippen LogP contribution in [-0.2, 0) is 6.42 Å². The van der Waals surface area contributed by atoms with Crippen molar-refractivity contribution in [1.82, 2.24) is 24.7 Å². The lowest BCUT2D eigenvalue weighted by molar-refractivity contribution is 0.0962. The molecular weight excluding hydrogens is 254 g/mol. The standard InChI is InChI=1S/C14H17N5O/c1-10-12-6-8-19(14(12)16-9-15-10)13(20)4-2-3-11-5-7-17-18-11/h5-9,13,20H,2-4H2,1H3,(H,17,18)/t13-/m1/s1. The predicted octanol–water partition coefficient (Wildman–Crippen LogP) is 1.98. The van der Waals surface area contributed by atoms with Gasteiger partial charge in [-0.1, -0.05) is 0 Å². The number of aryl methyl sites for hydroxylation is 2. The second-order valence-electron chi connectivity index (χ2n) is 4.87. The molecule has 1 atom stereocenters. The topological polar surface area (TPSA) is 79.6 Å². The highest BCUT2D eigenvalue weighted by Gasteiger charge is 2.12. The van der Waals surface area contributed by atoms with E-state index in [9.17, 15) is 5.11 Å². The number of rotatable bonds is 5. The van der Waals surface area contributed by atoms with Crippen LogP contribution >= 0.6 is 0 Å². The fourth-order valence-corrected chi connectivity index (χ4v) is 2.38. The maximum absolute atomic E-state index is 10.3. The van der Waals surface area contributed by atoms with Crippen molar-refractivity contribution >= 4 is 11.0 Å². The molecule has 2 N–H and O–H groups in total. The fourth-order valence-electron chi connectivity index (χ4n) is 2.38. The van der Waals surface area contributed by atoms with E-state index in [4.69, 9.17) is 0 Å². The van der Waals surface area contributed by atoms with E-state index in [1.54, 1.807) is 10.8 Å². The highest BCUT2D eigenvalue weighted by atomic mass is 16.3. The van der Waals surface area contributed by atoms with Crippen LogP contribution < -0.4 is 0 Å². The first-order valence-electron chi connectivity index (χ1n) is 6.70.